The van der Waals surface area contributed by atoms with Crippen molar-refractivity contribution >= 4 is 11.8 Å². The van der Waals surface area contributed by atoms with Crippen LogP contribution in [-0.4, -0.2) is 35.3 Å². The van der Waals surface area contributed by atoms with Gasteiger partial charge in [-0.15, -0.1) is 0 Å². The van der Waals surface area contributed by atoms with Crippen LogP contribution in [-0.2, 0) is 0 Å². The average molecular weight is 262 g/mol. The summed E-state index contributed by atoms with van der Waals surface area (Å²) < 4.78 is 37.1. The van der Waals surface area contributed by atoms with Gasteiger partial charge in [-0.3, -0.25) is 0 Å². The van der Waals surface area contributed by atoms with E-state index in [4.69, 9.17) is 5.11 Å². The zero-order chi connectivity index (χ0) is 13.9. The molecule has 0 fully saturated rings. The first kappa shape index (κ1) is 14.3. The van der Waals surface area contributed by atoms with Crippen molar-refractivity contribution in [1.82, 2.24) is 4.98 Å². The van der Waals surface area contributed by atoms with E-state index in [-0.39, 0.29) is 17.9 Å². The summed E-state index contributed by atoms with van der Waals surface area (Å²) in [7, 11) is 0. The molecule has 1 N–H and O–H groups in total. The molecule has 0 spiro atoms. The Morgan fingerprint density at radius 3 is 2.50 bits per heavy atom. The van der Waals surface area contributed by atoms with Crippen molar-refractivity contribution in [2.24, 2.45) is 0 Å². The zero-order valence-electron chi connectivity index (χ0n) is 9.95. The highest BCUT2D eigenvalue weighted by molar-refractivity contribution is 5.88. The fourth-order valence-electron chi connectivity index (χ4n) is 1.51. The van der Waals surface area contributed by atoms with Crippen molar-refractivity contribution in [3.8, 4) is 0 Å². The number of anilines is 1. The minimum atomic E-state index is -4.36. The van der Waals surface area contributed by atoms with Gasteiger partial charge in [-0.05, 0) is 26.0 Å². The number of pyridine rings is 1. The minimum absolute atomic E-state index is 0.0206. The fourth-order valence-corrected chi connectivity index (χ4v) is 1.51. The van der Waals surface area contributed by atoms with E-state index in [2.05, 4.69) is 4.98 Å². The summed E-state index contributed by atoms with van der Waals surface area (Å²) in [6.07, 6.45) is -4.36. The van der Waals surface area contributed by atoms with Crippen molar-refractivity contribution in [2.75, 3.05) is 18.0 Å². The molecule has 1 aromatic rings. The molecule has 1 rings (SSSR count). The van der Waals surface area contributed by atoms with E-state index in [1.807, 2.05) is 0 Å². The Balaban J connectivity index is 3.09. The third-order valence-electron chi connectivity index (χ3n) is 2.26. The Labute approximate surface area is 102 Å². The molecule has 0 amide bonds. The maximum absolute atomic E-state index is 12.4. The summed E-state index contributed by atoms with van der Waals surface area (Å²) in [5.41, 5.74) is 0.295. The molecule has 0 aliphatic carbocycles. The number of carboxylic acids is 1. The van der Waals surface area contributed by atoms with Gasteiger partial charge < -0.3 is 10.0 Å². The number of aromatic carboxylic acids is 1. The molecule has 1 heterocycles. The third kappa shape index (κ3) is 3.90. The SMILES string of the molecule is CCN(CC(F)(F)F)c1cc(C(=O)O)cc(C)n1. The number of carboxylic acid groups (broad SMARTS) is 1. The van der Waals surface area contributed by atoms with Crippen LogP contribution in [0, 0.1) is 6.92 Å². The van der Waals surface area contributed by atoms with Crippen LogP contribution in [0.4, 0.5) is 19.0 Å². The van der Waals surface area contributed by atoms with Crippen LogP contribution in [0.2, 0.25) is 0 Å². The van der Waals surface area contributed by atoms with Gasteiger partial charge in [0, 0.05) is 12.2 Å². The molecular formula is C11H13F3N2O2. The number of aryl methyl sites for hydroxylation is 1. The molecule has 0 atom stereocenters. The quantitative estimate of drug-likeness (QED) is 0.905. The van der Waals surface area contributed by atoms with Crippen molar-refractivity contribution in [3.05, 3.63) is 23.4 Å². The van der Waals surface area contributed by atoms with Gasteiger partial charge in [0.1, 0.15) is 12.4 Å². The van der Waals surface area contributed by atoms with Gasteiger partial charge in [-0.2, -0.15) is 13.2 Å². The smallest absolute Gasteiger partial charge is 0.405 e. The van der Waals surface area contributed by atoms with Crippen LogP contribution in [0.5, 0.6) is 0 Å². The first-order valence-corrected chi connectivity index (χ1v) is 5.26. The Kier molecular flexibility index (Phi) is 4.15. The first-order valence-electron chi connectivity index (χ1n) is 5.26. The predicted molar refractivity (Wildman–Crippen MR) is 59.9 cm³/mol. The largest absolute Gasteiger partial charge is 0.478 e. The number of nitrogens with zero attached hydrogens (tertiary/aromatic N) is 2. The predicted octanol–water partition coefficient (Wildman–Crippen LogP) is 2.48. The van der Waals surface area contributed by atoms with Crippen LogP contribution in [0.3, 0.4) is 0 Å². The van der Waals surface area contributed by atoms with Gasteiger partial charge >= 0.3 is 12.1 Å². The Morgan fingerprint density at radius 2 is 2.06 bits per heavy atom. The molecule has 0 saturated carbocycles. The standard InChI is InChI=1S/C11H13F3N2O2/c1-3-16(6-11(12,13)14)9-5-8(10(17)18)4-7(2)15-9/h4-5H,3,6H2,1-2H3,(H,17,18). The highest BCUT2D eigenvalue weighted by Gasteiger charge is 2.31. The molecule has 0 aromatic carbocycles. The van der Waals surface area contributed by atoms with Crippen molar-refractivity contribution in [3.63, 3.8) is 0 Å². The van der Waals surface area contributed by atoms with Crippen LogP contribution >= 0.6 is 0 Å². The highest BCUT2D eigenvalue weighted by atomic mass is 19.4. The molecule has 4 nitrogen and oxygen atoms in total. The van der Waals surface area contributed by atoms with Crippen LogP contribution < -0.4 is 4.90 Å². The molecule has 0 bridgehead atoms. The first-order chi connectivity index (χ1) is 8.23. The number of halogens is 3. The summed E-state index contributed by atoms with van der Waals surface area (Å²) in [4.78, 5) is 15.8. The molecule has 18 heavy (non-hydrogen) atoms. The van der Waals surface area contributed by atoms with E-state index < -0.39 is 18.7 Å². The summed E-state index contributed by atoms with van der Waals surface area (Å²) in [5, 5.41) is 8.85. The summed E-state index contributed by atoms with van der Waals surface area (Å²) >= 11 is 0. The van der Waals surface area contributed by atoms with Crippen molar-refractivity contribution in [2.45, 2.75) is 20.0 Å². The van der Waals surface area contributed by atoms with E-state index in [0.717, 1.165) is 11.0 Å². The van der Waals surface area contributed by atoms with Gasteiger partial charge in [0.15, 0.2) is 0 Å². The zero-order valence-corrected chi connectivity index (χ0v) is 9.95. The van der Waals surface area contributed by atoms with Gasteiger partial charge in [0.2, 0.25) is 0 Å². The number of carbonyl (C=O) groups is 1. The summed E-state index contributed by atoms with van der Waals surface area (Å²) in [6, 6.07) is 2.46. The normalized spacial score (nSPS) is 11.4. The molecule has 0 aliphatic heterocycles. The third-order valence-corrected chi connectivity index (χ3v) is 2.26. The summed E-state index contributed by atoms with van der Waals surface area (Å²) in [6.45, 7) is 2.03. The lowest BCUT2D eigenvalue weighted by Gasteiger charge is -2.23. The monoisotopic (exact) mass is 262 g/mol. The van der Waals surface area contributed by atoms with E-state index >= 15 is 0 Å². The minimum Gasteiger partial charge on any atom is -0.478 e. The maximum Gasteiger partial charge on any atom is 0.405 e. The maximum atomic E-state index is 12.4. The summed E-state index contributed by atoms with van der Waals surface area (Å²) in [5.74, 6) is -1.17. The molecule has 0 saturated heterocycles. The molecule has 0 unspecified atom stereocenters. The van der Waals surface area contributed by atoms with Gasteiger partial charge in [0.05, 0.1) is 5.56 Å². The topological polar surface area (TPSA) is 53.4 Å². The number of alkyl halides is 3. The number of hydrogen-bond donors (Lipinski definition) is 1. The Bertz CT molecular complexity index is 446. The molecule has 1 aromatic heterocycles. The fraction of sp³-hybridized carbons (Fsp3) is 0.455. The van der Waals surface area contributed by atoms with Gasteiger partial charge in [-0.1, -0.05) is 0 Å². The lowest BCUT2D eigenvalue weighted by Crippen LogP contribution is -2.34. The van der Waals surface area contributed by atoms with Crippen LogP contribution in [0.25, 0.3) is 0 Å². The second kappa shape index (κ2) is 5.24. The lowest BCUT2D eigenvalue weighted by atomic mass is 10.2. The highest BCUT2D eigenvalue weighted by Crippen LogP contribution is 2.21. The van der Waals surface area contributed by atoms with E-state index in [1.54, 1.807) is 6.92 Å². The molecule has 0 radical (unpaired) electrons. The van der Waals surface area contributed by atoms with E-state index in [1.165, 1.54) is 13.0 Å². The lowest BCUT2D eigenvalue weighted by molar-refractivity contribution is -0.119. The molecule has 100 valence electrons. The van der Waals surface area contributed by atoms with E-state index in [9.17, 15) is 18.0 Å². The second-order valence-electron chi connectivity index (χ2n) is 3.79. The van der Waals surface area contributed by atoms with Gasteiger partial charge in [-0.25, -0.2) is 9.78 Å². The Morgan fingerprint density at radius 1 is 1.44 bits per heavy atom. The number of hydrogen-bond acceptors (Lipinski definition) is 3. The van der Waals surface area contributed by atoms with Crippen molar-refractivity contribution < 1.29 is 23.1 Å². The van der Waals surface area contributed by atoms with E-state index in [0.29, 0.717) is 5.69 Å². The molecule has 7 heteroatoms. The second-order valence-corrected chi connectivity index (χ2v) is 3.79. The number of aromatic nitrogens is 1. The Hall–Kier alpha value is -1.79. The van der Waals surface area contributed by atoms with Crippen molar-refractivity contribution in [1.29, 1.82) is 0 Å². The molecular weight excluding hydrogens is 249 g/mol. The number of rotatable bonds is 4. The van der Waals surface area contributed by atoms with Crippen LogP contribution in [0.15, 0.2) is 12.1 Å². The average Bonchev–Trinajstić information content (AvgIpc) is 2.23. The molecule has 0 aliphatic rings. The van der Waals surface area contributed by atoms with Gasteiger partial charge in [0.25, 0.3) is 0 Å². The van der Waals surface area contributed by atoms with Crippen LogP contribution in [0.1, 0.15) is 23.0 Å².